The van der Waals surface area contributed by atoms with Gasteiger partial charge in [-0.05, 0) is 20.3 Å². The largest absolute Gasteiger partial charge is 0.313 e. The highest BCUT2D eigenvalue weighted by atomic mass is 32.2. The van der Waals surface area contributed by atoms with Gasteiger partial charge >= 0.3 is 0 Å². The topological polar surface area (TPSA) is 15.3 Å². The molecule has 0 amide bonds. The molecule has 3 heteroatoms. The third-order valence-electron chi connectivity index (χ3n) is 3.55. The van der Waals surface area contributed by atoms with Crippen LogP contribution in [0.25, 0.3) is 0 Å². The fourth-order valence-electron chi connectivity index (χ4n) is 2.61. The van der Waals surface area contributed by atoms with Crippen molar-refractivity contribution < 1.29 is 0 Å². The summed E-state index contributed by atoms with van der Waals surface area (Å²) in [4.78, 5) is 2.65. The van der Waals surface area contributed by atoms with Gasteiger partial charge in [-0.2, -0.15) is 11.8 Å². The Kier molecular flexibility index (Phi) is 6.90. The van der Waals surface area contributed by atoms with Gasteiger partial charge in [-0.25, -0.2) is 0 Å². The second-order valence-corrected chi connectivity index (χ2v) is 7.54. The summed E-state index contributed by atoms with van der Waals surface area (Å²) in [5.41, 5.74) is 0. The Balaban J connectivity index is 2.28. The molecular formula is C14H30N2S. The number of thioether (sulfide) groups is 1. The molecule has 1 aliphatic rings. The molecule has 1 heterocycles. The molecule has 102 valence electrons. The van der Waals surface area contributed by atoms with Crippen LogP contribution in [0.2, 0.25) is 0 Å². The van der Waals surface area contributed by atoms with E-state index in [1.807, 2.05) is 0 Å². The number of rotatable bonds is 6. The second kappa shape index (κ2) is 7.65. The maximum Gasteiger partial charge on any atom is 0.0193 e. The molecule has 1 aliphatic heterocycles. The van der Waals surface area contributed by atoms with Crippen molar-refractivity contribution in [2.75, 3.05) is 19.6 Å². The highest BCUT2D eigenvalue weighted by Gasteiger charge is 2.25. The Morgan fingerprint density at radius 2 is 1.82 bits per heavy atom. The average Bonchev–Trinajstić information content (AvgIpc) is 2.25. The molecule has 0 saturated carbocycles. The molecule has 0 aromatic heterocycles. The van der Waals surface area contributed by atoms with Crippen LogP contribution in [0.3, 0.4) is 0 Å². The fraction of sp³-hybridized carbons (Fsp3) is 1.00. The lowest BCUT2D eigenvalue weighted by Gasteiger charge is -2.38. The van der Waals surface area contributed by atoms with Crippen LogP contribution in [0, 0.1) is 0 Å². The van der Waals surface area contributed by atoms with Crippen molar-refractivity contribution in [1.29, 1.82) is 0 Å². The highest BCUT2D eigenvalue weighted by molar-refractivity contribution is 8.00. The van der Waals surface area contributed by atoms with E-state index in [0.29, 0.717) is 12.1 Å². The summed E-state index contributed by atoms with van der Waals surface area (Å²) in [5, 5.41) is 5.23. The van der Waals surface area contributed by atoms with E-state index in [1.165, 1.54) is 25.9 Å². The molecule has 1 saturated heterocycles. The summed E-state index contributed by atoms with van der Waals surface area (Å²) >= 11 is 2.13. The van der Waals surface area contributed by atoms with E-state index in [2.05, 4.69) is 56.6 Å². The molecule has 17 heavy (non-hydrogen) atoms. The summed E-state index contributed by atoms with van der Waals surface area (Å²) in [7, 11) is 0. The molecule has 0 aromatic rings. The van der Waals surface area contributed by atoms with Crippen molar-refractivity contribution >= 4 is 11.8 Å². The van der Waals surface area contributed by atoms with E-state index in [1.54, 1.807) is 0 Å². The van der Waals surface area contributed by atoms with E-state index in [-0.39, 0.29) is 0 Å². The molecule has 0 aromatic carbocycles. The van der Waals surface area contributed by atoms with Crippen molar-refractivity contribution in [2.24, 2.45) is 0 Å². The number of nitrogens with one attached hydrogen (secondary N) is 1. The smallest absolute Gasteiger partial charge is 0.0193 e. The Morgan fingerprint density at radius 1 is 1.24 bits per heavy atom. The molecule has 1 N–H and O–H groups in total. The van der Waals surface area contributed by atoms with E-state index >= 15 is 0 Å². The minimum Gasteiger partial charge on any atom is -0.313 e. The highest BCUT2D eigenvalue weighted by Crippen LogP contribution is 2.25. The summed E-state index contributed by atoms with van der Waals surface area (Å²) in [6.45, 7) is 15.3. The average molecular weight is 258 g/mol. The van der Waals surface area contributed by atoms with Crippen LogP contribution in [-0.2, 0) is 0 Å². The first-order chi connectivity index (χ1) is 8.02. The van der Waals surface area contributed by atoms with Crippen LogP contribution in [-0.4, -0.2) is 47.1 Å². The predicted octanol–water partition coefficient (Wildman–Crippen LogP) is 2.98. The number of hydrogen-bond donors (Lipinski definition) is 1. The van der Waals surface area contributed by atoms with Gasteiger partial charge in [0, 0.05) is 42.2 Å². The lowest BCUT2D eigenvalue weighted by atomic mass is 10.1. The van der Waals surface area contributed by atoms with Gasteiger partial charge in [-0.15, -0.1) is 0 Å². The molecule has 1 rings (SSSR count). The summed E-state index contributed by atoms with van der Waals surface area (Å²) in [5.74, 6) is 0. The van der Waals surface area contributed by atoms with Gasteiger partial charge < -0.3 is 5.32 Å². The lowest BCUT2D eigenvalue weighted by molar-refractivity contribution is 0.198. The zero-order valence-corrected chi connectivity index (χ0v) is 13.0. The normalized spacial score (nSPS) is 30.2. The Bertz CT molecular complexity index is 200. The van der Waals surface area contributed by atoms with E-state index in [0.717, 1.165) is 17.0 Å². The molecule has 4 unspecified atom stereocenters. The third kappa shape index (κ3) is 5.62. The lowest BCUT2D eigenvalue weighted by Crippen LogP contribution is -2.49. The van der Waals surface area contributed by atoms with Crippen LogP contribution in [0.4, 0.5) is 0 Å². The standard InChI is InChI=1S/C14H30N2S/c1-6-7-11(2)15-8-12(3)16-9-13(4)17-14(5)10-16/h11-15H,6-10H2,1-5H3. The molecule has 0 radical (unpaired) electrons. The molecule has 2 nitrogen and oxygen atoms in total. The first-order valence-electron chi connectivity index (χ1n) is 7.15. The summed E-state index contributed by atoms with van der Waals surface area (Å²) in [6, 6.07) is 1.33. The van der Waals surface area contributed by atoms with Crippen LogP contribution in [0.1, 0.15) is 47.5 Å². The Labute approximate surface area is 112 Å². The van der Waals surface area contributed by atoms with E-state index in [4.69, 9.17) is 0 Å². The quantitative estimate of drug-likeness (QED) is 0.788. The number of nitrogens with zero attached hydrogens (tertiary/aromatic N) is 1. The van der Waals surface area contributed by atoms with Gasteiger partial charge in [0.2, 0.25) is 0 Å². The zero-order chi connectivity index (χ0) is 12.8. The predicted molar refractivity (Wildman–Crippen MR) is 79.9 cm³/mol. The van der Waals surface area contributed by atoms with Gasteiger partial charge in [0.05, 0.1) is 0 Å². The summed E-state index contributed by atoms with van der Waals surface area (Å²) in [6.07, 6.45) is 2.56. The van der Waals surface area contributed by atoms with Gasteiger partial charge in [0.15, 0.2) is 0 Å². The molecule has 1 fully saturated rings. The minimum atomic E-state index is 0.663. The molecule has 0 aliphatic carbocycles. The third-order valence-corrected chi connectivity index (χ3v) is 4.78. The van der Waals surface area contributed by atoms with Gasteiger partial charge in [0.1, 0.15) is 0 Å². The first-order valence-corrected chi connectivity index (χ1v) is 8.10. The van der Waals surface area contributed by atoms with Gasteiger partial charge in [0.25, 0.3) is 0 Å². The molecular weight excluding hydrogens is 228 g/mol. The SMILES string of the molecule is CCCC(C)NCC(C)N1CC(C)SC(C)C1. The van der Waals surface area contributed by atoms with Crippen molar-refractivity contribution in [3.63, 3.8) is 0 Å². The van der Waals surface area contributed by atoms with Crippen LogP contribution in [0.5, 0.6) is 0 Å². The maximum atomic E-state index is 3.66. The van der Waals surface area contributed by atoms with Crippen molar-refractivity contribution in [2.45, 2.75) is 70.0 Å². The van der Waals surface area contributed by atoms with Crippen molar-refractivity contribution in [3.05, 3.63) is 0 Å². The fourth-order valence-corrected chi connectivity index (χ4v) is 3.96. The minimum absolute atomic E-state index is 0.663. The van der Waals surface area contributed by atoms with Gasteiger partial charge in [-0.3, -0.25) is 4.90 Å². The molecule has 0 bridgehead atoms. The van der Waals surface area contributed by atoms with E-state index in [9.17, 15) is 0 Å². The molecule has 0 spiro atoms. The first kappa shape index (κ1) is 15.3. The maximum absolute atomic E-state index is 3.66. The van der Waals surface area contributed by atoms with Crippen LogP contribution >= 0.6 is 11.8 Å². The van der Waals surface area contributed by atoms with Crippen LogP contribution in [0.15, 0.2) is 0 Å². The monoisotopic (exact) mass is 258 g/mol. The molecule has 4 atom stereocenters. The number of hydrogen-bond acceptors (Lipinski definition) is 3. The van der Waals surface area contributed by atoms with Gasteiger partial charge in [-0.1, -0.05) is 27.2 Å². The van der Waals surface area contributed by atoms with Crippen molar-refractivity contribution in [1.82, 2.24) is 10.2 Å². The summed E-state index contributed by atoms with van der Waals surface area (Å²) < 4.78 is 0. The van der Waals surface area contributed by atoms with E-state index < -0.39 is 0 Å². The van der Waals surface area contributed by atoms with Crippen LogP contribution < -0.4 is 5.32 Å². The zero-order valence-electron chi connectivity index (χ0n) is 12.2. The second-order valence-electron chi connectivity index (χ2n) is 5.66. The Morgan fingerprint density at radius 3 is 2.35 bits per heavy atom. The van der Waals surface area contributed by atoms with Crippen molar-refractivity contribution in [3.8, 4) is 0 Å². The Hall–Kier alpha value is 0.270.